The summed E-state index contributed by atoms with van der Waals surface area (Å²) in [4.78, 5) is 12.3. The smallest absolute Gasteiger partial charge is 0.252 e. The van der Waals surface area contributed by atoms with Crippen LogP contribution in [0, 0.1) is 0 Å². The highest BCUT2D eigenvalue weighted by Gasteiger charge is 2.24. The van der Waals surface area contributed by atoms with Gasteiger partial charge < -0.3 is 10.1 Å². The van der Waals surface area contributed by atoms with Crippen LogP contribution in [-0.4, -0.2) is 38.8 Å². The number of rotatable bonds is 7. The van der Waals surface area contributed by atoms with Crippen molar-refractivity contribution >= 4 is 27.3 Å². The number of carbonyl (C=O) groups excluding carboxylic acids is 1. The number of benzene rings is 1. The molecular formula is C18H22N2O4S2. The van der Waals surface area contributed by atoms with E-state index in [9.17, 15) is 13.2 Å². The molecular weight excluding hydrogens is 372 g/mol. The second kappa shape index (κ2) is 8.20. The van der Waals surface area contributed by atoms with Crippen LogP contribution in [-0.2, 0) is 14.8 Å². The second-order valence-electron chi connectivity index (χ2n) is 6.16. The van der Waals surface area contributed by atoms with Crippen molar-refractivity contribution < 1.29 is 17.9 Å². The normalized spacial score (nSPS) is 16.8. The molecule has 1 aromatic carbocycles. The molecule has 0 spiro atoms. The number of amides is 1. The fourth-order valence-electron chi connectivity index (χ4n) is 2.90. The van der Waals surface area contributed by atoms with Crippen LogP contribution in [0.15, 0.2) is 46.0 Å². The molecule has 2 heterocycles. The number of para-hydroxylation sites is 1. The van der Waals surface area contributed by atoms with Gasteiger partial charge in [0, 0.05) is 32.0 Å². The number of fused-ring (bicyclic) bond motifs is 1. The SMILES string of the molecule is CN(CCCC(=O)N[C@@H]1CCOc2ccccc21)S(=O)(=O)c1cccs1. The molecule has 1 atom stereocenters. The maximum absolute atomic E-state index is 12.3. The summed E-state index contributed by atoms with van der Waals surface area (Å²) >= 11 is 1.19. The Morgan fingerprint density at radius 2 is 2.12 bits per heavy atom. The first-order chi connectivity index (χ1) is 12.5. The van der Waals surface area contributed by atoms with Crippen molar-refractivity contribution in [2.75, 3.05) is 20.2 Å². The number of thiophene rings is 1. The molecule has 1 aromatic heterocycles. The number of sulfonamides is 1. The topological polar surface area (TPSA) is 75.7 Å². The Balaban J connectivity index is 1.49. The van der Waals surface area contributed by atoms with E-state index in [0.717, 1.165) is 17.7 Å². The summed E-state index contributed by atoms with van der Waals surface area (Å²) in [6.07, 6.45) is 1.48. The molecule has 1 aliphatic heterocycles. The van der Waals surface area contributed by atoms with Gasteiger partial charge in [-0.2, -0.15) is 0 Å². The lowest BCUT2D eigenvalue weighted by Crippen LogP contribution is -2.33. The monoisotopic (exact) mass is 394 g/mol. The predicted molar refractivity (Wildman–Crippen MR) is 101 cm³/mol. The molecule has 140 valence electrons. The average Bonchev–Trinajstić information content (AvgIpc) is 3.17. The Kier molecular flexibility index (Phi) is 5.95. The van der Waals surface area contributed by atoms with Gasteiger partial charge in [0.05, 0.1) is 12.6 Å². The maximum atomic E-state index is 12.3. The van der Waals surface area contributed by atoms with Gasteiger partial charge in [0.15, 0.2) is 0 Å². The molecule has 0 fully saturated rings. The lowest BCUT2D eigenvalue weighted by atomic mass is 10.0. The first kappa shape index (κ1) is 18.9. The van der Waals surface area contributed by atoms with E-state index in [1.165, 1.54) is 15.6 Å². The molecule has 1 N–H and O–H groups in total. The van der Waals surface area contributed by atoms with Gasteiger partial charge in [0.2, 0.25) is 5.91 Å². The van der Waals surface area contributed by atoms with Gasteiger partial charge in [-0.15, -0.1) is 11.3 Å². The van der Waals surface area contributed by atoms with Crippen molar-refractivity contribution in [2.24, 2.45) is 0 Å². The van der Waals surface area contributed by atoms with Crippen LogP contribution >= 0.6 is 11.3 Å². The highest BCUT2D eigenvalue weighted by Crippen LogP contribution is 2.31. The largest absolute Gasteiger partial charge is 0.493 e. The van der Waals surface area contributed by atoms with E-state index in [4.69, 9.17) is 4.74 Å². The average molecular weight is 395 g/mol. The number of nitrogens with zero attached hydrogens (tertiary/aromatic N) is 1. The Labute approximate surface area is 157 Å². The van der Waals surface area contributed by atoms with E-state index in [2.05, 4.69) is 5.32 Å². The molecule has 0 radical (unpaired) electrons. The summed E-state index contributed by atoms with van der Waals surface area (Å²) < 4.78 is 31.9. The molecule has 0 saturated carbocycles. The molecule has 0 saturated heterocycles. The molecule has 1 aliphatic rings. The predicted octanol–water partition coefficient (Wildman–Crippen LogP) is 2.79. The molecule has 3 rings (SSSR count). The zero-order valence-corrected chi connectivity index (χ0v) is 16.2. The minimum atomic E-state index is -3.46. The number of hydrogen-bond donors (Lipinski definition) is 1. The third kappa shape index (κ3) is 4.25. The summed E-state index contributed by atoms with van der Waals surface area (Å²) in [6, 6.07) is 10.9. The van der Waals surface area contributed by atoms with Crippen LogP contribution in [0.5, 0.6) is 5.75 Å². The quantitative estimate of drug-likeness (QED) is 0.784. The summed E-state index contributed by atoms with van der Waals surface area (Å²) in [5.74, 6) is 0.736. The zero-order valence-electron chi connectivity index (χ0n) is 14.6. The van der Waals surface area contributed by atoms with Gasteiger partial charge in [-0.3, -0.25) is 4.79 Å². The van der Waals surface area contributed by atoms with E-state index in [1.807, 2.05) is 24.3 Å². The fraction of sp³-hybridized carbons (Fsp3) is 0.389. The third-order valence-electron chi connectivity index (χ3n) is 4.33. The first-order valence-corrected chi connectivity index (χ1v) is 10.8. The molecule has 0 unspecified atom stereocenters. The Morgan fingerprint density at radius 1 is 1.31 bits per heavy atom. The molecule has 2 aromatic rings. The second-order valence-corrected chi connectivity index (χ2v) is 9.38. The Morgan fingerprint density at radius 3 is 2.88 bits per heavy atom. The van der Waals surface area contributed by atoms with E-state index in [-0.39, 0.29) is 18.4 Å². The van der Waals surface area contributed by atoms with Crippen molar-refractivity contribution in [3.05, 3.63) is 47.3 Å². The minimum absolute atomic E-state index is 0.0555. The van der Waals surface area contributed by atoms with Crippen molar-refractivity contribution in [1.82, 2.24) is 9.62 Å². The van der Waals surface area contributed by atoms with Crippen molar-refractivity contribution in [3.63, 3.8) is 0 Å². The summed E-state index contributed by atoms with van der Waals surface area (Å²) in [5.41, 5.74) is 0.990. The van der Waals surface area contributed by atoms with Crippen LogP contribution in [0.3, 0.4) is 0 Å². The van der Waals surface area contributed by atoms with Crippen LogP contribution < -0.4 is 10.1 Å². The molecule has 0 bridgehead atoms. The van der Waals surface area contributed by atoms with Gasteiger partial charge in [-0.25, -0.2) is 12.7 Å². The van der Waals surface area contributed by atoms with Crippen LogP contribution in [0.2, 0.25) is 0 Å². The van der Waals surface area contributed by atoms with Crippen molar-refractivity contribution in [1.29, 1.82) is 0 Å². The van der Waals surface area contributed by atoms with Gasteiger partial charge >= 0.3 is 0 Å². The number of carbonyl (C=O) groups is 1. The van der Waals surface area contributed by atoms with Gasteiger partial charge in [0.1, 0.15) is 9.96 Å². The fourth-order valence-corrected chi connectivity index (χ4v) is 5.32. The molecule has 8 heteroatoms. The lowest BCUT2D eigenvalue weighted by molar-refractivity contribution is -0.122. The molecule has 1 amide bonds. The number of nitrogens with one attached hydrogen (secondary N) is 1. The first-order valence-electron chi connectivity index (χ1n) is 8.49. The van der Waals surface area contributed by atoms with Crippen LogP contribution in [0.1, 0.15) is 30.9 Å². The maximum Gasteiger partial charge on any atom is 0.252 e. The third-order valence-corrected chi connectivity index (χ3v) is 7.56. The lowest BCUT2D eigenvalue weighted by Gasteiger charge is -2.26. The number of ether oxygens (including phenoxy) is 1. The van der Waals surface area contributed by atoms with Crippen LogP contribution in [0.25, 0.3) is 0 Å². The standard InChI is InChI=1S/C18H22N2O4S2/c1-20(26(22,23)18-9-5-13-25-18)11-4-8-17(21)19-15-10-12-24-16-7-3-2-6-14(15)16/h2-3,5-7,9,13,15H,4,8,10-12H2,1H3,(H,19,21)/t15-/m1/s1. The van der Waals surface area contributed by atoms with Crippen molar-refractivity contribution in [2.45, 2.75) is 29.5 Å². The van der Waals surface area contributed by atoms with Crippen LogP contribution in [0.4, 0.5) is 0 Å². The van der Waals surface area contributed by atoms with E-state index < -0.39 is 10.0 Å². The van der Waals surface area contributed by atoms with Gasteiger partial charge in [-0.1, -0.05) is 24.3 Å². The van der Waals surface area contributed by atoms with E-state index in [1.54, 1.807) is 24.6 Å². The molecule has 6 nitrogen and oxygen atoms in total. The van der Waals surface area contributed by atoms with Crippen molar-refractivity contribution in [3.8, 4) is 5.75 Å². The summed E-state index contributed by atoms with van der Waals surface area (Å²) in [7, 11) is -1.91. The van der Waals surface area contributed by atoms with Gasteiger partial charge in [-0.05, 0) is 23.9 Å². The highest BCUT2D eigenvalue weighted by molar-refractivity contribution is 7.91. The van der Waals surface area contributed by atoms with E-state index >= 15 is 0 Å². The Bertz CT molecular complexity index is 850. The number of hydrogen-bond acceptors (Lipinski definition) is 5. The zero-order chi connectivity index (χ0) is 18.6. The molecule has 26 heavy (non-hydrogen) atoms. The Hall–Kier alpha value is -1.90. The molecule has 0 aliphatic carbocycles. The van der Waals surface area contributed by atoms with E-state index in [0.29, 0.717) is 23.8 Å². The summed E-state index contributed by atoms with van der Waals surface area (Å²) in [6.45, 7) is 0.877. The van der Waals surface area contributed by atoms with Gasteiger partial charge in [0.25, 0.3) is 10.0 Å². The minimum Gasteiger partial charge on any atom is -0.493 e. The summed E-state index contributed by atoms with van der Waals surface area (Å²) in [5, 5.41) is 4.77. The highest BCUT2D eigenvalue weighted by atomic mass is 32.2.